The standard InChI is InChI=1S/C19H25N3O4/c1-3-26-18(24)15-16(13-7-9-14(25-2)10-8-13)20-19(21-17(15)23)22-11-5-4-6-12-22/h7-10,15-16H,3-6,11-12H2,1-2H3,(H,20,21,23)/t15-,16+/m0/s1. The van der Waals surface area contributed by atoms with Crippen LogP contribution in [-0.4, -0.2) is 49.5 Å². The van der Waals surface area contributed by atoms with E-state index in [0.29, 0.717) is 11.7 Å². The maximum absolute atomic E-state index is 12.7. The first-order chi connectivity index (χ1) is 12.6. The number of piperidine rings is 1. The average Bonchev–Trinajstić information content (AvgIpc) is 2.68. The Morgan fingerprint density at radius 1 is 1.23 bits per heavy atom. The Labute approximate surface area is 153 Å². The van der Waals surface area contributed by atoms with Gasteiger partial charge in [0.2, 0.25) is 11.9 Å². The van der Waals surface area contributed by atoms with Gasteiger partial charge in [-0.25, -0.2) is 4.99 Å². The first-order valence-corrected chi connectivity index (χ1v) is 9.08. The van der Waals surface area contributed by atoms with Crippen LogP contribution < -0.4 is 10.1 Å². The molecule has 2 heterocycles. The molecule has 7 heteroatoms. The number of carbonyl (C=O) groups excluding carboxylic acids is 2. The number of likely N-dealkylation sites (tertiary alicyclic amines) is 1. The number of benzene rings is 1. The number of guanidine groups is 1. The second-order valence-corrected chi connectivity index (χ2v) is 6.44. The highest BCUT2D eigenvalue weighted by molar-refractivity contribution is 6.08. The summed E-state index contributed by atoms with van der Waals surface area (Å²) in [6.45, 7) is 3.67. The first-order valence-electron chi connectivity index (χ1n) is 9.08. The van der Waals surface area contributed by atoms with Crippen molar-refractivity contribution in [3.63, 3.8) is 0 Å². The second kappa shape index (κ2) is 8.21. The van der Waals surface area contributed by atoms with Gasteiger partial charge in [0, 0.05) is 13.1 Å². The Kier molecular flexibility index (Phi) is 5.75. The molecule has 1 aromatic carbocycles. The highest BCUT2D eigenvalue weighted by Gasteiger charge is 2.42. The van der Waals surface area contributed by atoms with Crippen LogP contribution >= 0.6 is 0 Å². The average molecular weight is 359 g/mol. The topological polar surface area (TPSA) is 80.2 Å². The lowest BCUT2D eigenvalue weighted by molar-refractivity contribution is -0.153. The number of carbonyl (C=O) groups is 2. The third-order valence-corrected chi connectivity index (χ3v) is 4.75. The summed E-state index contributed by atoms with van der Waals surface area (Å²) < 4.78 is 10.3. The van der Waals surface area contributed by atoms with Crippen molar-refractivity contribution in [1.29, 1.82) is 0 Å². The third kappa shape index (κ3) is 3.81. The lowest BCUT2D eigenvalue weighted by Gasteiger charge is -2.35. The second-order valence-electron chi connectivity index (χ2n) is 6.44. The van der Waals surface area contributed by atoms with Crippen LogP contribution in [0.1, 0.15) is 37.8 Å². The van der Waals surface area contributed by atoms with Gasteiger partial charge in [-0.05, 0) is 43.9 Å². The molecule has 2 atom stereocenters. The number of methoxy groups -OCH3 is 1. The number of hydrogen-bond acceptors (Lipinski definition) is 6. The van der Waals surface area contributed by atoms with Crippen LogP contribution in [0.15, 0.2) is 29.3 Å². The molecule has 140 valence electrons. The van der Waals surface area contributed by atoms with Crippen molar-refractivity contribution in [2.24, 2.45) is 10.9 Å². The molecule has 0 spiro atoms. The van der Waals surface area contributed by atoms with Crippen LogP contribution in [-0.2, 0) is 14.3 Å². The molecule has 1 fully saturated rings. The van der Waals surface area contributed by atoms with Crippen LogP contribution in [0.5, 0.6) is 5.75 Å². The van der Waals surface area contributed by atoms with Crippen LogP contribution in [0.4, 0.5) is 0 Å². The van der Waals surface area contributed by atoms with Crippen LogP contribution in [0.3, 0.4) is 0 Å². The van der Waals surface area contributed by atoms with Crippen molar-refractivity contribution in [3.05, 3.63) is 29.8 Å². The van der Waals surface area contributed by atoms with Crippen LogP contribution in [0.2, 0.25) is 0 Å². The van der Waals surface area contributed by atoms with Gasteiger partial charge in [-0.15, -0.1) is 0 Å². The summed E-state index contributed by atoms with van der Waals surface area (Å²) in [7, 11) is 1.59. The maximum Gasteiger partial charge on any atom is 0.321 e. The summed E-state index contributed by atoms with van der Waals surface area (Å²) >= 11 is 0. The Morgan fingerprint density at radius 2 is 1.92 bits per heavy atom. The fourth-order valence-corrected chi connectivity index (χ4v) is 3.37. The molecule has 0 aliphatic carbocycles. The lowest BCUT2D eigenvalue weighted by Crippen LogP contribution is -2.53. The monoisotopic (exact) mass is 359 g/mol. The molecule has 1 saturated heterocycles. The number of rotatable bonds is 4. The van der Waals surface area contributed by atoms with Gasteiger partial charge in [0.05, 0.1) is 13.7 Å². The number of ether oxygens (including phenoxy) is 2. The Bertz CT molecular complexity index is 681. The van der Waals surface area contributed by atoms with Gasteiger partial charge >= 0.3 is 5.97 Å². The van der Waals surface area contributed by atoms with Crippen molar-refractivity contribution in [3.8, 4) is 5.75 Å². The fourth-order valence-electron chi connectivity index (χ4n) is 3.37. The number of nitrogens with zero attached hydrogens (tertiary/aromatic N) is 2. The van der Waals surface area contributed by atoms with E-state index in [2.05, 4.69) is 10.2 Å². The zero-order valence-corrected chi connectivity index (χ0v) is 15.2. The van der Waals surface area contributed by atoms with E-state index in [0.717, 1.165) is 31.5 Å². The highest BCUT2D eigenvalue weighted by atomic mass is 16.5. The van der Waals surface area contributed by atoms with E-state index < -0.39 is 17.9 Å². The van der Waals surface area contributed by atoms with Gasteiger partial charge in [0.25, 0.3) is 0 Å². The minimum Gasteiger partial charge on any atom is -0.497 e. The first kappa shape index (κ1) is 18.2. The van der Waals surface area contributed by atoms with Crippen molar-refractivity contribution in [1.82, 2.24) is 10.2 Å². The van der Waals surface area contributed by atoms with Gasteiger partial charge in [-0.2, -0.15) is 0 Å². The van der Waals surface area contributed by atoms with Crippen molar-refractivity contribution in [2.45, 2.75) is 32.2 Å². The molecule has 0 aromatic heterocycles. The maximum atomic E-state index is 12.7. The minimum absolute atomic E-state index is 0.223. The van der Waals surface area contributed by atoms with E-state index in [1.54, 1.807) is 26.2 Å². The molecule has 2 aliphatic rings. The molecule has 1 aromatic rings. The predicted octanol–water partition coefficient (Wildman–Crippen LogP) is 1.89. The molecule has 0 radical (unpaired) electrons. The van der Waals surface area contributed by atoms with E-state index in [4.69, 9.17) is 14.5 Å². The molecule has 1 N–H and O–H groups in total. The van der Waals surface area contributed by atoms with Gasteiger partial charge < -0.3 is 14.4 Å². The summed E-state index contributed by atoms with van der Waals surface area (Å²) in [6.07, 6.45) is 3.33. The molecule has 0 unspecified atom stereocenters. The molecular weight excluding hydrogens is 334 g/mol. The van der Waals surface area contributed by atoms with E-state index in [9.17, 15) is 9.59 Å². The fraction of sp³-hybridized carbons (Fsp3) is 0.526. The SMILES string of the molecule is CCOC(=O)[C@@H]1C(=O)NC(N2CCCCC2)=N[C@@H]1c1ccc(OC)cc1. The number of aliphatic imine (C=N–C) groups is 1. The Balaban J connectivity index is 1.95. The predicted molar refractivity (Wildman–Crippen MR) is 96.9 cm³/mol. The molecule has 3 rings (SSSR count). The number of hydrogen-bond donors (Lipinski definition) is 1. The zero-order chi connectivity index (χ0) is 18.5. The Morgan fingerprint density at radius 3 is 2.54 bits per heavy atom. The smallest absolute Gasteiger partial charge is 0.321 e. The summed E-state index contributed by atoms with van der Waals surface area (Å²) in [5, 5.41) is 2.81. The van der Waals surface area contributed by atoms with Crippen LogP contribution in [0, 0.1) is 5.92 Å². The molecule has 26 heavy (non-hydrogen) atoms. The van der Waals surface area contributed by atoms with Gasteiger partial charge in [0.15, 0.2) is 5.92 Å². The summed E-state index contributed by atoms with van der Waals surface area (Å²) in [5.41, 5.74) is 0.785. The lowest BCUT2D eigenvalue weighted by atomic mass is 9.91. The Hall–Kier alpha value is -2.57. The molecule has 0 bridgehead atoms. The van der Waals surface area contributed by atoms with Crippen molar-refractivity contribution in [2.75, 3.05) is 26.8 Å². The van der Waals surface area contributed by atoms with Crippen molar-refractivity contribution < 1.29 is 19.1 Å². The quantitative estimate of drug-likeness (QED) is 0.656. The summed E-state index contributed by atoms with van der Waals surface area (Å²) in [5.74, 6) is -0.637. The van der Waals surface area contributed by atoms with Crippen molar-refractivity contribution >= 4 is 17.8 Å². The molecule has 0 saturated carbocycles. The molecular formula is C19H25N3O4. The largest absolute Gasteiger partial charge is 0.497 e. The number of amides is 1. The molecule has 7 nitrogen and oxygen atoms in total. The van der Waals surface area contributed by atoms with Crippen LogP contribution in [0.25, 0.3) is 0 Å². The minimum atomic E-state index is -0.989. The van der Waals surface area contributed by atoms with E-state index in [-0.39, 0.29) is 12.5 Å². The zero-order valence-electron chi connectivity index (χ0n) is 15.2. The number of nitrogens with one attached hydrogen (secondary N) is 1. The van der Waals surface area contributed by atoms with Gasteiger partial charge in [-0.3, -0.25) is 14.9 Å². The van der Waals surface area contributed by atoms with E-state index in [1.165, 1.54) is 6.42 Å². The normalized spacial score (nSPS) is 23.1. The van der Waals surface area contributed by atoms with Gasteiger partial charge in [0.1, 0.15) is 11.8 Å². The number of esters is 1. The van der Waals surface area contributed by atoms with E-state index in [1.807, 2.05) is 12.1 Å². The third-order valence-electron chi connectivity index (χ3n) is 4.75. The summed E-state index contributed by atoms with van der Waals surface area (Å²) in [4.78, 5) is 32.0. The van der Waals surface area contributed by atoms with Gasteiger partial charge in [-0.1, -0.05) is 12.1 Å². The van der Waals surface area contributed by atoms with E-state index >= 15 is 0 Å². The molecule has 1 amide bonds. The highest BCUT2D eigenvalue weighted by Crippen LogP contribution is 2.32. The summed E-state index contributed by atoms with van der Waals surface area (Å²) in [6, 6.07) is 6.68. The molecule has 2 aliphatic heterocycles.